The first-order valence-corrected chi connectivity index (χ1v) is 9.18. The average molecular weight is 378 g/mol. The molecule has 0 amide bonds. The van der Waals surface area contributed by atoms with E-state index in [0.29, 0.717) is 11.6 Å². The second kappa shape index (κ2) is 6.29. The molecular formula is C19H19FN8. The van der Waals surface area contributed by atoms with Crippen molar-refractivity contribution in [3.05, 3.63) is 47.7 Å². The lowest BCUT2D eigenvalue weighted by Crippen LogP contribution is -2.13. The Morgan fingerprint density at radius 2 is 2.07 bits per heavy atom. The number of H-pyrrole nitrogens is 2. The zero-order chi connectivity index (χ0) is 19.3. The van der Waals surface area contributed by atoms with Gasteiger partial charge in [-0.1, -0.05) is 0 Å². The summed E-state index contributed by atoms with van der Waals surface area (Å²) in [6.07, 6.45) is 4.09. The topological polar surface area (TPSA) is 121 Å². The molecule has 1 saturated carbocycles. The van der Waals surface area contributed by atoms with Crippen molar-refractivity contribution in [2.24, 2.45) is 0 Å². The quantitative estimate of drug-likeness (QED) is 0.422. The SMILES string of the molecule is C[C@H](Nc1nc(N)c(F)c(-c2cc(C3CC3)[nH]n2)n1)c1ccc2[nH]ccc2n1. The standard InChI is InChI=1S/C19H19FN8/c1-9(11-4-5-12-13(24-11)6-7-22-12)23-19-25-17(16(20)18(21)26-19)15-8-14(27-28-15)10-2-3-10/h4-10,22H,2-3H2,1H3,(H,27,28)(H3,21,23,25,26)/t9-/m0/s1. The molecule has 0 aliphatic heterocycles. The Bertz CT molecular complexity index is 1160. The van der Waals surface area contributed by atoms with Crippen molar-refractivity contribution >= 4 is 22.8 Å². The zero-order valence-electron chi connectivity index (χ0n) is 15.2. The number of nitrogens with one attached hydrogen (secondary N) is 3. The molecule has 4 aromatic heterocycles. The van der Waals surface area contributed by atoms with Gasteiger partial charge in [0.2, 0.25) is 5.95 Å². The lowest BCUT2D eigenvalue weighted by Gasteiger charge is -2.14. The number of aromatic nitrogens is 6. The van der Waals surface area contributed by atoms with E-state index in [1.807, 2.05) is 37.4 Å². The fourth-order valence-corrected chi connectivity index (χ4v) is 3.22. The van der Waals surface area contributed by atoms with Gasteiger partial charge in [0.15, 0.2) is 11.6 Å². The van der Waals surface area contributed by atoms with Gasteiger partial charge in [-0.15, -0.1) is 0 Å². The summed E-state index contributed by atoms with van der Waals surface area (Å²) in [6, 6.07) is 7.42. The average Bonchev–Trinajstić information content (AvgIpc) is 3.23. The largest absolute Gasteiger partial charge is 0.381 e. The van der Waals surface area contributed by atoms with E-state index in [2.05, 4.69) is 35.5 Å². The Morgan fingerprint density at radius 1 is 1.21 bits per heavy atom. The molecule has 4 aromatic rings. The van der Waals surface area contributed by atoms with Crippen molar-refractivity contribution in [3.8, 4) is 11.4 Å². The first-order chi connectivity index (χ1) is 13.6. The van der Waals surface area contributed by atoms with Gasteiger partial charge in [-0.05, 0) is 44.0 Å². The summed E-state index contributed by atoms with van der Waals surface area (Å²) < 4.78 is 14.5. The van der Waals surface area contributed by atoms with Crippen LogP contribution < -0.4 is 11.1 Å². The monoisotopic (exact) mass is 378 g/mol. The van der Waals surface area contributed by atoms with Crippen molar-refractivity contribution in [1.82, 2.24) is 30.1 Å². The van der Waals surface area contributed by atoms with Crippen molar-refractivity contribution in [2.75, 3.05) is 11.1 Å². The molecular weight excluding hydrogens is 359 g/mol. The fourth-order valence-electron chi connectivity index (χ4n) is 3.22. The van der Waals surface area contributed by atoms with Gasteiger partial charge in [-0.2, -0.15) is 10.1 Å². The Morgan fingerprint density at radius 3 is 2.89 bits per heavy atom. The van der Waals surface area contributed by atoms with Crippen LogP contribution in [0.1, 0.15) is 43.1 Å². The van der Waals surface area contributed by atoms with Crippen LogP contribution in [-0.4, -0.2) is 30.1 Å². The molecule has 0 unspecified atom stereocenters. The summed E-state index contributed by atoms with van der Waals surface area (Å²) in [6.45, 7) is 1.93. The van der Waals surface area contributed by atoms with Gasteiger partial charge in [0.05, 0.1) is 22.8 Å². The number of pyridine rings is 1. The third-order valence-corrected chi connectivity index (χ3v) is 4.95. The molecule has 0 spiro atoms. The fraction of sp³-hybridized carbons (Fsp3) is 0.263. The van der Waals surface area contributed by atoms with Crippen LogP contribution in [-0.2, 0) is 0 Å². The number of rotatable bonds is 5. The Labute approximate surface area is 159 Å². The van der Waals surface area contributed by atoms with Gasteiger partial charge in [-0.25, -0.2) is 14.4 Å². The van der Waals surface area contributed by atoms with E-state index in [-0.39, 0.29) is 23.5 Å². The van der Waals surface area contributed by atoms with Gasteiger partial charge in [0, 0.05) is 17.8 Å². The number of nitrogen functional groups attached to an aromatic ring is 1. The normalized spacial score (nSPS) is 15.1. The zero-order valence-corrected chi connectivity index (χ0v) is 15.2. The molecule has 8 nitrogen and oxygen atoms in total. The molecule has 142 valence electrons. The summed E-state index contributed by atoms with van der Waals surface area (Å²) >= 11 is 0. The number of hydrogen-bond donors (Lipinski definition) is 4. The van der Waals surface area contributed by atoms with Crippen LogP contribution in [0.3, 0.4) is 0 Å². The molecule has 5 N–H and O–H groups in total. The van der Waals surface area contributed by atoms with E-state index in [9.17, 15) is 4.39 Å². The van der Waals surface area contributed by atoms with Gasteiger partial charge >= 0.3 is 0 Å². The van der Waals surface area contributed by atoms with Gasteiger partial charge < -0.3 is 16.0 Å². The van der Waals surface area contributed by atoms with Gasteiger partial charge in [-0.3, -0.25) is 5.10 Å². The molecule has 5 rings (SSSR count). The molecule has 0 aromatic carbocycles. The van der Waals surface area contributed by atoms with Crippen LogP contribution in [0.5, 0.6) is 0 Å². The second-order valence-electron chi connectivity index (χ2n) is 7.09. The van der Waals surface area contributed by atoms with Gasteiger partial charge in [0.1, 0.15) is 11.4 Å². The molecule has 0 radical (unpaired) electrons. The lowest BCUT2D eigenvalue weighted by atomic mass is 10.2. The minimum absolute atomic E-state index is 0.0828. The van der Waals surface area contributed by atoms with E-state index in [1.54, 1.807) is 0 Å². The maximum absolute atomic E-state index is 14.5. The van der Waals surface area contributed by atoms with Crippen molar-refractivity contribution in [2.45, 2.75) is 31.7 Å². The molecule has 1 aliphatic carbocycles. The second-order valence-corrected chi connectivity index (χ2v) is 7.09. The number of anilines is 2. The summed E-state index contributed by atoms with van der Waals surface area (Å²) in [5.41, 5.74) is 9.95. The molecule has 9 heteroatoms. The third kappa shape index (κ3) is 2.94. The van der Waals surface area contributed by atoms with E-state index < -0.39 is 5.82 Å². The maximum atomic E-state index is 14.5. The minimum atomic E-state index is -0.668. The van der Waals surface area contributed by atoms with Crippen LogP contribution in [0, 0.1) is 5.82 Å². The van der Waals surface area contributed by atoms with E-state index >= 15 is 0 Å². The maximum Gasteiger partial charge on any atom is 0.225 e. The number of nitrogens with two attached hydrogens (primary N) is 1. The lowest BCUT2D eigenvalue weighted by molar-refractivity contribution is 0.623. The Kier molecular flexibility index (Phi) is 3.75. The summed E-state index contributed by atoms with van der Waals surface area (Å²) in [5.74, 6) is -0.174. The van der Waals surface area contributed by atoms with Crippen LogP contribution >= 0.6 is 0 Å². The predicted molar refractivity (Wildman–Crippen MR) is 104 cm³/mol. The van der Waals surface area contributed by atoms with E-state index in [0.717, 1.165) is 35.3 Å². The van der Waals surface area contributed by atoms with Crippen molar-refractivity contribution in [1.29, 1.82) is 0 Å². The summed E-state index contributed by atoms with van der Waals surface area (Å²) in [5, 5.41) is 10.3. The number of hydrogen-bond acceptors (Lipinski definition) is 6. The van der Waals surface area contributed by atoms with Crippen LogP contribution in [0.25, 0.3) is 22.4 Å². The minimum Gasteiger partial charge on any atom is -0.381 e. The third-order valence-electron chi connectivity index (χ3n) is 4.95. The van der Waals surface area contributed by atoms with Crippen molar-refractivity contribution in [3.63, 3.8) is 0 Å². The smallest absolute Gasteiger partial charge is 0.225 e. The first-order valence-electron chi connectivity index (χ1n) is 9.18. The first kappa shape index (κ1) is 16.7. The highest BCUT2D eigenvalue weighted by molar-refractivity contribution is 5.74. The number of halogens is 1. The van der Waals surface area contributed by atoms with E-state index in [1.165, 1.54) is 0 Å². The van der Waals surface area contributed by atoms with E-state index in [4.69, 9.17) is 5.73 Å². The predicted octanol–water partition coefficient (Wildman–Crippen LogP) is 3.51. The molecule has 0 bridgehead atoms. The van der Waals surface area contributed by atoms with Crippen molar-refractivity contribution < 1.29 is 4.39 Å². The highest BCUT2D eigenvalue weighted by Gasteiger charge is 2.27. The van der Waals surface area contributed by atoms with Gasteiger partial charge in [0.25, 0.3) is 0 Å². The molecule has 1 fully saturated rings. The molecule has 0 saturated heterocycles. The number of nitrogens with zero attached hydrogens (tertiary/aromatic N) is 4. The highest BCUT2D eigenvalue weighted by atomic mass is 19.1. The molecule has 4 heterocycles. The summed E-state index contributed by atoms with van der Waals surface area (Å²) in [7, 11) is 0. The Hall–Kier alpha value is -3.49. The van der Waals surface area contributed by atoms with Crippen LogP contribution in [0.4, 0.5) is 16.2 Å². The summed E-state index contributed by atoms with van der Waals surface area (Å²) in [4.78, 5) is 16.1. The molecule has 1 atom stereocenters. The number of aromatic amines is 2. The number of fused-ring (bicyclic) bond motifs is 1. The van der Waals surface area contributed by atoms with Crippen LogP contribution in [0.15, 0.2) is 30.5 Å². The highest BCUT2D eigenvalue weighted by Crippen LogP contribution is 2.40. The molecule has 28 heavy (non-hydrogen) atoms. The molecule has 1 aliphatic rings. The Balaban J connectivity index is 1.44. The van der Waals surface area contributed by atoms with Crippen LogP contribution in [0.2, 0.25) is 0 Å².